The maximum absolute atomic E-state index is 12.5. The van der Waals surface area contributed by atoms with Gasteiger partial charge < -0.3 is 57.2 Å². The average Bonchev–Trinajstić information content (AvgIpc) is 2.79. The van der Waals surface area contributed by atoms with Crippen molar-refractivity contribution in [2.45, 2.75) is 44.8 Å². The van der Waals surface area contributed by atoms with E-state index in [0.717, 1.165) is 0 Å². The molecule has 0 aliphatic carbocycles. The Morgan fingerprint density at radius 3 is 1.40 bits per heavy atom. The lowest BCUT2D eigenvalue weighted by atomic mass is 10.9. The Labute approximate surface area is 219 Å². The Kier molecular flexibility index (Phi) is 15.6. The lowest BCUT2D eigenvalue weighted by Crippen LogP contribution is -2.53. The smallest absolute Gasteiger partial charge is 0.532 e. The van der Waals surface area contributed by atoms with Gasteiger partial charge in [-0.2, -0.15) is 0 Å². The van der Waals surface area contributed by atoms with Crippen molar-refractivity contribution in [2.24, 2.45) is 0 Å². The van der Waals surface area contributed by atoms with Crippen LogP contribution in [0.5, 0.6) is 0 Å². The molecule has 0 N–H and O–H groups in total. The van der Waals surface area contributed by atoms with Crippen LogP contribution in [-0.4, -0.2) is 119 Å². The summed E-state index contributed by atoms with van der Waals surface area (Å²) < 4.78 is 126. The summed E-state index contributed by atoms with van der Waals surface area (Å²) in [5.41, 5.74) is 0. The summed E-state index contributed by atoms with van der Waals surface area (Å²) in [7, 11) is -31.9. The summed E-state index contributed by atoms with van der Waals surface area (Å²) in [5, 5.41) is 0. The van der Waals surface area contributed by atoms with E-state index in [9.17, 15) is 35.7 Å². The molecule has 2 radical (unpaired) electrons. The standard InChI is InChI=1S/C10H28O13Si12/c1-19-35(20-2,21-3)10-9-34(7,8)22-24-26(12)28(14)30(16)32(18)31(17)29(15)27(13)25(11)23-33(4,5)6/h9-10H2,1-8H3. The highest BCUT2D eigenvalue weighted by atomic mass is 30.0. The SMILES string of the molecule is CO[Si](CC[Si](C)(C)O[Si][Si](=O)[Si](=O)[Si](=O)[Si](=O)[Si](=O)[Si](=O)[Si](=O)[Si](=O)O[Si](C)(C)C)(OC)OC. The molecule has 0 aromatic heterocycles. The minimum absolute atomic E-state index is 0.431. The van der Waals surface area contributed by atoms with Crippen LogP contribution >= 0.6 is 0 Å². The summed E-state index contributed by atoms with van der Waals surface area (Å²) in [6.07, 6.45) is 0. The van der Waals surface area contributed by atoms with Gasteiger partial charge in [-0.15, -0.1) is 0 Å². The van der Waals surface area contributed by atoms with E-state index >= 15 is 0 Å². The fraction of sp³-hybridized carbons (Fsp3) is 1.00. The van der Waals surface area contributed by atoms with Gasteiger partial charge in [0.15, 0.2) is 8.32 Å². The highest BCUT2D eigenvalue weighted by Gasteiger charge is 2.50. The molecule has 0 saturated heterocycles. The molecule has 35 heavy (non-hydrogen) atoms. The first-order valence-corrected chi connectivity index (χ1v) is 38.5. The molecule has 25 heteroatoms. The predicted molar refractivity (Wildman–Crippen MR) is 137 cm³/mol. The summed E-state index contributed by atoms with van der Waals surface area (Å²) >= 11 is 0. The van der Waals surface area contributed by atoms with Crippen molar-refractivity contribution >= 4 is 97.2 Å². The van der Waals surface area contributed by atoms with Crippen LogP contribution in [0.25, 0.3) is 0 Å². The molecule has 0 atom stereocenters. The van der Waals surface area contributed by atoms with Crippen molar-refractivity contribution in [3.05, 3.63) is 0 Å². The average molecular weight is 693 g/mol. The topological polar surface area (TPSA) is 183 Å². The molecule has 0 aliphatic heterocycles. The number of hydrogen-bond acceptors (Lipinski definition) is 13. The molecule has 0 aromatic rings. The molecular formula is C10H28O13Si12. The quantitative estimate of drug-likeness (QED) is 0.151. The molecule has 0 aliphatic rings. The largest absolute Gasteiger partial charge is 0.578 e. The Balaban J connectivity index is 5.09. The van der Waals surface area contributed by atoms with Gasteiger partial charge in [-0.05, 0) is 38.8 Å². The second kappa shape index (κ2) is 15.3. The molecule has 0 amide bonds. The normalized spacial score (nSPS) is 12.0. The first-order chi connectivity index (χ1) is 15.9. The van der Waals surface area contributed by atoms with E-state index in [4.69, 9.17) is 21.5 Å². The monoisotopic (exact) mass is 692 g/mol. The summed E-state index contributed by atoms with van der Waals surface area (Å²) in [5.74, 6) is 0. The molecular weight excluding hydrogens is 665 g/mol. The highest BCUT2D eigenvalue weighted by molar-refractivity contribution is 7.74. The van der Waals surface area contributed by atoms with Gasteiger partial charge in [-0.25, -0.2) is 0 Å². The van der Waals surface area contributed by atoms with Crippen LogP contribution in [0.4, 0.5) is 0 Å². The molecule has 0 bridgehead atoms. The van der Waals surface area contributed by atoms with Crippen LogP contribution in [0.2, 0.25) is 44.8 Å². The maximum Gasteiger partial charge on any atom is 0.532 e. The third-order valence-corrected chi connectivity index (χ3v) is 69.4. The van der Waals surface area contributed by atoms with E-state index in [1.165, 1.54) is 21.3 Å². The van der Waals surface area contributed by atoms with E-state index < -0.39 is 97.2 Å². The van der Waals surface area contributed by atoms with E-state index in [1.807, 2.05) is 13.1 Å². The van der Waals surface area contributed by atoms with E-state index in [0.29, 0.717) is 12.1 Å². The van der Waals surface area contributed by atoms with Gasteiger partial charge in [0.25, 0.3) is 9.28 Å². The zero-order chi connectivity index (χ0) is 27.8. The number of rotatable bonds is 18. The molecule has 0 unspecified atom stereocenters. The van der Waals surface area contributed by atoms with Crippen LogP contribution in [0.15, 0.2) is 0 Å². The van der Waals surface area contributed by atoms with Gasteiger partial charge in [0.1, 0.15) is 0 Å². The van der Waals surface area contributed by atoms with Crippen molar-refractivity contribution in [2.75, 3.05) is 21.3 Å². The summed E-state index contributed by atoms with van der Waals surface area (Å²) in [6.45, 7) is 8.63. The Bertz CT molecular complexity index is 914. The van der Waals surface area contributed by atoms with Crippen LogP contribution in [0.1, 0.15) is 0 Å². The minimum atomic E-state index is -3.69. The Hall–Kier alpha value is 0.643. The van der Waals surface area contributed by atoms with Gasteiger partial charge in [0, 0.05) is 27.4 Å². The van der Waals surface area contributed by atoms with Gasteiger partial charge in [0.2, 0.25) is 8.32 Å². The second-order valence-corrected chi connectivity index (χ2v) is 58.3. The molecule has 0 heterocycles. The lowest BCUT2D eigenvalue weighted by molar-refractivity contribution is 0.125. The van der Waals surface area contributed by atoms with Gasteiger partial charge >= 0.3 is 71.3 Å². The molecule has 13 nitrogen and oxygen atoms in total. The third-order valence-electron chi connectivity index (χ3n) is 4.21. The van der Waals surface area contributed by atoms with Crippen molar-refractivity contribution in [1.29, 1.82) is 0 Å². The van der Waals surface area contributed by atoms with Crippen molar-refractivity contribution in [1.82, 2.24) is 0 Å². The molecule has 0 fully saturated rings. The lowest BCUT2D eigenvalue weighted by Gasteiger charge is -2.28. The van der Waals surface area contributed by atoms with E-state index in [1.54, 1.807) is 19.6 Å². The maximum atomic E-state index is 12.5. The van der Waals surface area contributed by atoms with Crippen LogP contribution in [0, 0.1) is 0 Å². The molecule has 0 spiro atoms. The number of hydrogen-bond donors (Lipinski definition) is 0. The molecule has 194 valence electrons. The molecule has 0 rings (SSSR count). The fourth-order valence-corrected chi connectivity index (χ4v) is 89.8. The van der Waals surface area contributed by atoms with Crippen LogP contribution < -0.4 is 0 Å². The van der Waals surface area contributed by atoms with Crippen molar-refractivity contribution in [3.63, 3.8) is 0 Å². The second-order valence-electron chi connectivity index (χ2n) is 8.56. The summed E-state index contributed by atoms with van der Waals surface area (Å²) in [4.78, 5) is 0. The highest BCUT2D eigenvalue weighted by Crippen LogP contribution is 2.22. The van der Waals surface area contributed by atoms with Crippen LogP contribution in [0.3, 0.4) is 0 Å². The van der Waals surface area contributed by atoms with Crippen LogP contribution in [-0.2, 0) is 57.2 Å². The first-order valence-electron chi connectivity index (χ1n) is 9.99. The van der Waals surface area contributed by atoms with E-state index in [2.05, 4.69) is 0 Å². The van der Waals surface area contributed by atoms with Gasteiger partial charge in [-0.3, -0.25) is 0 Å². The minimum Gasteiger partial charge on any atom is -0.578 e. The first kappa shape index (κ1) is 35.6. The van der Waals surface area contributed by atoms with Crippen molar-refractivity contribution in [3.8, 4) is 0 Å². The third kappa shape index (κ3) is 11.9. The van der Waals surface area contributed by atoms with Gasteiger partial charge in [-0.1, -0.05) is 0 Å². The Morgan fingerprint density at radius 1 is 0.600 bits per heavy atom. The van der Waals surface area contributed by atoms with E-state index in [-0.39, 0.29) is 0 Å². The fourth-order valence-electron chi connectivity index (χ4n) is 2.22. The van der Waals surface area contributed by atoms with Gasteiger partial charge in [0.05, 0.1) is 0 Å². The zero-order valence-corrected chi connectivity index (χ0v) is 32.7. The zero-order valence-electron chi connectivity index (χ0n) is 20.7. The molecule has 0 aromatic carbocycles. The van der Waals surface area contributed by atoms with Crippen molar-refractivity contribution < 1.29 is 57.2 Å². The summed E-state index contributed by atoms with van der Waals surface area (Å²) in [6, 6.07) is 0.937. The Morgan fingerprint density at radius 2 is 1.00 bits per heavy atom. The predicted octanol–water partition coefficient (Wildman–Crippen LogP) is -1.52. The molecule has 0 saturated carbocycles.